The Morgan fingerprint density at radius 3 is 1.88 bits per heavy atom. The molecule has 0 saturated heterocycles. The molecule has 206 valence electrons. The van der Waals surface area contributed by atoms with Gasteiger partial charge in [-0.2, -0.15) is 0 Å². The summed E-state index contributed by atoms with van der Waals surface area (Å²) in [6.45, 7) is 10.3. The van der Waals surface area contributed by atoms with Crippen molar-refractivity contribution in [1.29, 1.82) is 0 Å². The van der Waals surface area contributed by atoms with Crippen LogP contribution in [0.25, 0.3) is 0 Å². The van der Waals surface area contributed by atoms with E-state index in [1.807, 2.05) is 85.8 Å². The number of nitrogens with zero attached hydrogens (tertiary/aromatic N) is 1. The summed E-state index contributed by atoms with van der Waals surface area (Å²) >= 11 is 0. The summed E-state index contributed by atoms with van der Waals surface area (Å²) in [6, 6.07) is 29.9. The van der Waals surface area contributed by atoms with E-state index < -0.39 is 12.1 Å². The number of amides is 1. The van der Waals surface area contributed by atoms with E-state index in [-0.39, 0.29) is 16.9 Å². The van der Waals surface area contributed by atoms with Crippen molar-refractivity contribution in [2.24, 2.45) is 0 Å². The Hall–Kier alpha value is -4.38. The van der Waals surface area contributed by atoms with Crippen LogP contribution in [0.2, 0.25) is 0 Å². The number of anilines is 2. The lowest BCUT2D eigenvalue weighted by Gasteiger charge is -2.25. The van der Waals surface area contributed by atoms with Crippen LogP contribution < -0.4 is 14.4 Å². The van der Waals surface area contributed by atoms with Crippen molar-refractivity contribution in [2.45, 2.75) is 59.3 Å². The number of carbonyl (C=O) groups is 2. The highest BCUT2D eigenvalue weighted by molar-refractivity contribution is 5.97. The molecule has 0 bridgehead atoms. The van der Waals surface area contributed by atoms with E-state index in [1.54, 1.807) is 18.2 Å². The van der Waals surface area contributed by atoms with Crippen LogP contribution in [-0.2, 0) is 11.8 Å². The minimum absolute atomic E-state index is 0.208. The summed E-state index contributed by atoms with van der Waals surface area (Å²) < 4.78 is 12.0. The molecule has 0 fully saturated rings. The normalized spacial score (nSPS) is 11.1. The molecule has 0 saturated carbocycles. The summed E-state index contributed by atoms with van der Waals surface area (Å²) in [5.41, 5.74) is 4.38. The van der Waals surface area contributed by atoms with Crippen LogP contribution in [0.1, 0.15) is 67.6 Å². The second kappa shape index (κ2) is 12.6. The Morgan fingerprint density at radius 1 is 0.775 bits per heavy atom. The molecular formula is C35H37NO4. The third-order valence-electron chi connectivity index (χ3n) is 6.72. The molecule has 0 radical (unpaired) electrons. The Bertz CT molecular complexity index is 1400. The van der Waals surface area contributed by atoms with Gasteiger partial charge in [-0.1, -0.05) is 88.7 Å². The molecule has 0 aliphatic carbocycles. The SMILES string of the molecule is CCCCc1ccc(C(=O)Oc2cc(C(C)(C)C)cc(C)c2OC(=O)N(c2ccccc2)c2ccccc2)cc1. The third kappa shape index (κ3) is 6.97. The number of rotatable bonds is 8. The number of hydrogen-bond acceptors (Lipinski definition) is 4. The largest absolute Gasteiger partial charge is 0.424 e. The first-order chi connectivity index (χ1) is 19.2. The van der Waals surface area contributed by atoms with Gasteiger partial charge in [0.05, 0.1) is 16.9 Å². The molecule has 4 rings (SSSR count). The number of esters is 1. The lowest BCUT2D eigenvalue weighted by molar-refractivity contribution is 0.0729. The topological polar surface area (TPSA) is 55.8 Å². The summed E-state index contributed by atoms with van der Waals surface area (Å²) in [7, 11) is 0. The average Bonchev–Trinajstić information content (AvgIpc) is 2.94. The maximum atomic E-state index is 13.7. The van der Waals surface area contributed by atoms with Crippen molar-refractivity contribution in [3.63, 3.8) is 0 Å². The molecular weight excluding hydrogens is 498 g/mol. The zero-order chi connectivity index (χ0) is 28.7. The minimum atomic E-state index is -0.610. The van der Waals surface area contributed by atoms with Crippen LogP contribution >= 0.6 is 0 Å². The minimum Gasteiger partial charge on any atom is -0.419 e. The highest BCUT2D eigenvalue weighted by Gasteiger charge is 2.26. The van der Waals surface area contributed by atoms with Crippen molar-refractivity contribution >= 4 is 23.4 Å². The van der Waals surface area contributed by atoms with Crippen molar-refractivity contribution in [3.05, 3.63) is 119 Å². The predicted molar refractivity (Wildman–Crippen MR) is 161 cm³/mol. The highest BCUT2D eigenvalue weighted by atomic mass is 16.6. The van der Waals surface area contributed by atoms with E-state index in [4.69, 9.17) is 9.47 Å². The van der Waals surface area contributed by atoms with Crippen LogP contribution in [0.5, 0.6) is 11.5 Å². The third-order valence-corrected chi connectivity index (χ3v) is 6.72. The molecule has 0 unspecified atom stereocenters. The second-order valence-electron chi connectivity index (χ2n) is 10.9. The molecule has 4 aromatic carbocycles. The fraction of sp³-hybridized carbons (Fsp3) is 0.257. The molecule has 0 spiro atoms. The Kier molecular flexibility index (Phi) is 9.05. The van der Waals surface area contributed by atoms with Gasteiger partial charge in [0.15, 0.2) is 11.5 Å². The smallest absolute Gasteiger partial charge is 0.419 e. The summed E-state index contributed by atoms with van der Waals surface area (Å²) in [6.07, 6.45) is 2.57. The second-order valence-corrected chi connectivity index (χ2v) is 10.9. The highest BCUT2D eigenvalue weighted by Crippen LogP contribution is 2.38. The van der Waals surface area contributed by atoms with Gasteiger partial charge in [-0.3, -0.25) is 0 Å². The van der Waals surface area contributed by atoms with Gasteiger partial charge < -0.3 is 9.47 Å². The Balaban J connectivity index is 1.69. The molecule has 0 N–H and O–H groups in total. The van der Waals surface area contributed by atoms with Crippen LogP contribution in [0.3, 0.4) is 0 Å². The van der Waals surface area contributed by atoms with Gasteiger partial charge in [0.25, 0.3) is 0 Å². The lowest BCUT2D eigenvalue weighted by atomic mass is 9.86. The number of ether oxygens (including phenoxy) is 2. The molecule has 5 heteroatoms. The van der Waals surface area contributed by atoms with Crippen LogP contribution in [0.4, 0.5) is 16.2 Å². The number of benzene rings is 4. The number of hydrogen-bond donors (Lipinski definition) is 0. The molecule has 4 aromatic rings. The van der Waals surface area contributed by atoms with Crippen molar-refractivity contribution in [3.8, 4) is 11.5 Å². The standard InChI is InChI=1S/C35H37NO4/c1-6-7-14-26-19-21-27(22-20-26)33(37)39-31-24-28(35(3,4)5)23-25(2)32(31)40-34(38)36(29-15-10-8-11-16-29)30-17-12-9-13-18-30/h8-13,15-24H,6-7,14H2,1-5H3. The fourth-order valence-corrected chi connectivity index (χ4v) is 4.38. The molecule has 5 nitrogen and oxygen atoms in total. The van der Waals surface area contributed by atoms with E-state index in [1.165, 1.54) is 10.5 Å². The van der Waals surface area contributed by atoms with E-state index >= 15 is 0 Å². The Labute approximate surface area is 237 Å². The molecule has 0 atom stereocenters. The molecule has 0 aliphatic rings. The molecule has 0 heterocycles. The first-order valence-electron chi connectivity index (χ1n) is 13.8. The zero-order valence-corrected chi connectivity index (χ0v) is 23.9. The Morgan fingerprint density at radius 2 is 1.35 bits per heavy atom. The molecule has 1 amide bonds. The number of para-hydroxylation sites is 2. The van der Waals surface area contributed by atoms with Gasteiger partial charge in [-0.25, -0.2) is 14.5 Å². The number of unbranched alkanes of at least 4 members (excludes halogenated alkanes) is 1. The van der Waals surface area contributed by atoms with E-state index in [9.17, 15) is 9.59 Å². The summed E-state index contributed by atoms with van der Waals surface area (Å²) in [5.74, 6) is -0.0880. The van der Waals surface area contributed by atoms with E-state index in [0.29, 0.717) is 22.5 Å². The monoisotopic (exact) mass is 535 g/mol. The summed E-state index contributed by atoms with van der Waals surface area (Å²) in [5, 5.41) is 0. The number of carbonyl (C=O) groups excluding carboxylic acids is 2. The quantitative estimate of drug-likeness (QED) is 0.167. The maximum absolute atomic E-state index is 13.7. The predicted octanol–water partition coefficient (Wildman–Crippen LogP) is 9.19. The van der Waals surface area contributed by atoms with Gasteiger partial charge >= 0.3 is 12.1 Å². The molecule has 40 heavy (non-hydrogen) atoms. The first-order valence-corrected chi connectivity index (χ1v) is 13.8. The number of aryl methyl sites for hydroxylation is 2. The van der Waals surface area contributed by atoms with E-state index in [2.05, 4.69) is 27.7 Å². The van der Waals surface area contributed by atoms with Crippen molar-refractivity contribution in [2.75, 3.05) is 4.90 Å². The van der Waals surface area contributed by atoms with Crippen LogP contribution in [0, 0.1) is 6.92 Å². The molecule has 0 aromatic heterocycles. The van der Waals surface area contributed by atoms with Crippen LogP contribution in [0.15, 0.2) is 97.1 Å². The van der Waals surface area contributed by atoms with E-state index in [0.717, 1.165) is 24.8 Å². The van der Waals surface area contributed by atoms with Crippen LogP contribution in [-0.4, -0.2) is 12.1 Å². The average molecular weight is 536 g/mol. The maximum Gasteiger partial charge on any atom is 0.424 e. The summed E-state index contributed by atoms with van der Waals surface area (Å²) in [4.78, 5) is 28.5. The van der Waals surface area contributed by atoms with Crippen molar-refractivity contribution in [1.82, 2.24) is 0 Å². The lowest BCUT2D eigenvalue weighted by Crippen LogP contribution is -2.29. The van der Waals surface area contributed by atoms with Gasteiger partial charge in [0.2, 0.25) is 0 Å². The molecule has 0 aliphatic heterocycles. The van der Waals surface area contributed by atoms with Gasteiger partial charge in [-0.05, 0) is 84.3 Å². The zero-order valence-electron chi connectivity index (χ0n) is 23.9. The first kappa shape index (κ1) is 28.6. The van der Waals surface area contributed by atoms with Gasteiger partial charge in [0.1, 0.15) is 0 Å². The van der Waals surface area contributed by atoms with Gasteiger partial charge in [-0.15, -0.1) is 0 Å². The van der Waals surface area contributed by atoms with Crippen molar-refractivity contribution < 1.29 is 19.1 Å². The fourth-order valence-electron chi connectivity index (χ4n) is 4.38. The van der Waals surface area contributed by atoms with Gasteiger partial charge in [0, 0.05) is 0 Å².